The highest BCUT2D eigenvalue weighted by molar-refractivity contribution is 9.10. The molecule has 1 unspecified atom stereocenters. The van der Waals surface area contributed by atoms with Crippen LogP contribution in [-0.2, 0) is 0 Å². The summed E-state index contributed by atoms with van der Waals surface area (Å²) in [6.45, 7) is 4.53. The molecule has 0 bridgehead atoms. The van der Waals surface area contributed by atoms with Crippen LogP contribution >= 0.6 is 15.9 Å². The minimum atomic E-state index is 0.472. The van der Waals surface area contributed by atoms with Crippen molar-refractivity contribution in [1.29, 1.82) is 0 Å². The first-order valence-corrected chi connectivity index (χ1v) is 7.04. The zero-order chi connectivity index (χ0) is 12.7. The molecule has 0 radical (unpaired) electrons. The van der Waals surface area contributed by atoms with E-state index in [0.29, 0.717) is 5.92 Å². The number of hydrogen-bond donors (Lipinski definition) is 0. The second kappa shape index (κ2) is 4.40. The number of allylic oxidation sites excluding steroid dienone is 2. The second-order valence-corrected chi connectivity index (χ2v) is 5.77. The Bertz CT molecular complexity index is 623. The van der Waals surface area contributed by atoms with Crippen LogP contribution < -0.4 is 0 Å². The molecule has 18 heavy (non-hydrogen) atoms. The van der Waals surface area contributed by atoms with Crippen molar-refractivity contribution >= 4 is 27.1 Å². The van der Waals surface area contributed by atoms with E-state index in [9.17, 15) is 0 Å². The molecule has 1 heteroatoms. The van der Waals surface area contributed by atoms with Crippen molar-refractivity contribution in [3.8, 4) is 0 Å². The van der Waals surface area contributed by atoms with Crippen molar-refractivity contribution < 1.29 is 0 Å². The smallest absolute Gasteiger partial charge is 0.0178 e. The molecule has 2 aromatic rings. The summed E-state index contributed by atoms with van der Waals surface area (Å²) in [7, 11) is 0. The van der Waals surface area contributed by atoms with Crippen molar-refractivity contribution in [1.82, 2.24) is 0 Å². The van der Waals surface area contributed by atoms with Gasteiger partial charge in [-0.25, -0.2) is 0 Å². The minimum absolute atomic E-state index is 0.472. The Morgan fingerprint density at radius 3 is 2.44 bits per heavy atom. The third-order valence-corrected chi connectivity index (χ3v) is 4.30. The molecule has 0 saturated carbocycles. The summed E-state index contributed by atoms with van der Waals surface area (Å²) >= 11 is 3.57. The number of halogens is 1. The predicted octanol–water partition coefficient (Wildman–Crippen LogP) is 5.50. The van der Waals surface area contributed by atoms with Crippen LogP contribution in [0.5, 0.6) is 0 Å². The molecule has 0 aromatic heterocycles. The zero-order valence-corrected chi connectivity index (χ0v) is 12.2. The molecule has 0 spiro atoms. The number of benzene rings is 2. The van der Waals surface area contributed by atoms with E-state index in [2.05, 4.69) is 78.3 Å². The Hall–Kier alpha value is -1.34. The van der Waals surface area contributed by atoms with Crippen LogP contribution in [0.2, 0.25) is 0 Å². The molecule has 0 saturated heterocycles. The van der Waals surface area contributed by atoms with Gasteiger partial charge < -0.3 is 0 Å². The average Bonchev–Trinajstić information content (AvgIpc) is 2.63. The molecular formula is C17H15Br. The van der Waals surface area contributed by atoms with E-state index >= 15 is 0 Å². The normalized spacial score (nSPS) is 18.1. The molecule has 1 atom stereocenters. The highest BCUT2D eigenvalue weighted by atomic mass is 79.9. The fourth-order valence-electron chi connectivity index (χ4n) is 2.94. The van der Waals surface area contributed by atoms with E-state index in [4.69, 9.17) is 0 Å². The third kappa shape index (κ3) is 1.74. The van der Waals surface area contributed by atoms with Crippen molar-refractivity contribution in [2.24, 2.45) is 0 Å². The fourth-order valence-corrected chi connectivity index (χ4v) is 3.32. The summed E-state index contributed by atoms with van der Waals surface area (Å²) in [5.41, 5.74) is 7.04. The van der Waals surface area contributed by atoms with Crippen molar-refractivity contribution in [3.05, 3.63) is 69.7 Å². The topological polar surface area (TPSA) is 0 Å². The van der Waals surface area contributed by atoms with E-state index in [1.165, 1.54) is 27.8 Å². The Morgan fingerprint density at radius 1 is 1.00 bits per heavy atom. The van der Waals surface area contributed by atoms with Crippen LogP contribution in [0.4, 0.5) is 0 Å². The molecule has 2 aromatic carbocycles. The molecule has 0 amide bonds. The van der Waals surface area contributed by atoms with Gasteiger partial charge in [-0.1, -0.05) is 59.3 Å². The highest BCUT2D eigenvalue weighted by Crippen LogP contribution is 2.47. The van der Waals surface area contributed by atoms with Crippen molar-refractivity contribution in [2.45, 2.75) is 19.8 Å². The van der Waals surface area contributed by atoms with Crippen molar-refractivity contribution in [2.75, 3.05) is 0 Å². The second-order valence-electron chi connectivity index (χ2n) is 4.86. The Kier molecular flexibility index (Phi) is 2.87. The van der Waals surface area contributed by atoms with E-state index in [0.717, 1.165) is 4.47 Å². The summed E-state index contributed by atoms with van der Waals surface area (Å²) < 4.78 is 1.16. The largest absolute Gasteiger partial charge is 0.0622 e. The predicted molar refractivity (Wildman–Crippen MR) is 81.5 cm³/mol. The monoisotopic (exact) mass is 298 g/mol. The van der Waals surface area contributed by atoms with Gasteiger partial charge in [-0.15, -0.1) is 0 Å². The van der Waals surface area contributed by atoms with Gasteiger partial charge in [-0.05, 0) is 46.9 Å². The van der Waals surface area contributed by atoms with E-state index in [1.807, 2.05) is 0 Å². The zero-order valence-electron chi connectivity index (χ0n) is 10.6. The molecule has 0 aliphatic heterocycles. The van der Waals surface area contributed by atoms with Gasteiger partial charge in [0, 0.05) is 10.4 Å². The summed E-state index contributed by atoms with van der Waals surface area (Å²) in [4.78, 5) is 0. The fraction of sp³-hybridized carbons (Fsp3) is 0.176. The highest BCUT2D eigenvalue weighted by Gasteiger charge is 2.26. The van der Waals surface area contributed by atoms with Gasteiger partial charge in [-0.3, -0.25) is 0 Å². The van der Waals surface area contributed by atoms with E-state index in [-0.39, 0.29) is 0 Å². The molecular weight excluding hydrogens is 284 g/mol. The van der Waals surface area contributed by atoms with Gasteiger partial charge in [-0.2, -0.15) is 0 Å². The standard InChI is InChI=1S/C17H15Br/c1-11-15-9-8-14(18)10-16(15)12(2)17(11)13-6-4-3-5-7-13/h3-10,12H,1-2H3. The van der Waals surface area contributed by atoms with Gasteiger partial charge in [0.05, 0.1) is 0 Å². The lowest BCUT2D eigenvalue weighted by Crippen LogP contribution is -1.93. The first-order valence-electron chi connectivity index (χ1n) is 6.24. The van der Waals surface area contributed by atoms with Gasteiger partial charge in [0.1, 0.15) is 0 Å². The molecule has 1 aliphatic rings. The summed E-state index contributed by atoms with van der Waals surface area (Å²) in [5, 5.41) is 0. The van der Waals surface area contributed by atoms with Crippen LogP contribution in [-0.4, -0.2) is 0 Å². The molecule has 0 N–H and O–H groups in total. The third-order valence-electron chi connectivity index (χ3n) is 3.81. The first kappa shape index (κ1) is 11.7. The van der Waals surface area contributed by atoms with Crippen molar-refractivity contribution in [3.63, 3.8) is 0 Å². The summed E-state index contributed by atoms with van der Waals surface area (Å²) in [6, 6.07) is 17.3. The lowest BCUT2D eigenvalue weighted by atomic mass is 9.92. The molecule has 0 heterocycles. The van der Waals surface area contributed by atoms with Gasteiger partial charge in [0.15, 0.2) is 0 Å². The number of rotatable bonds is 1. The molecule has 0 fully saturated rings. The van der Waals surface area contributed by atoms with Crippen LogP contribution in [0.15, 0.2) is 53.0 Å². The maximum absolute atomic E-state index is 3.57. The Labute approximate surface area is 116 Å². The maximum atomic E-state index is 3.57. The Morgan fingerprint density at radius 2 is 1.72 bits per heavy atom. The minimum Gasteiger partial charge on any atom is -0.0622 e. The summed E-state index contributed by atoms with van der Waals surface area (Å²) in [5.74, 6) is 0.472. The van der Waals surface area contributed by atoms with Crippen LogP contribution in [0.3, 0.4) is 0 Å². The van der Waals surface area contributed by atoms with Crippen LogP contribution in [0, 0.1) is 0 Å². The van der Waals surface area contributed by atoms with Crippen LogP contribution in [0.1, 0.15) is 36.5 Å². The van der Waals surface area contributed by atoms with E-state index < -0.39 is 0 Å². The Balaban J connectivity index is 2.17. The molecule has 1 aliphatic carbocycles. The lowest BCUT2D eigenvalue weighted by molar-refractivity contribution is 1.01. The number of fused-ring (bicyclic) bond motifs is 1. The average molecular weight is 299 g/mol. The SMILES string of the molecule is CC1=C(c2ccccc2)C(C)c2cc(Br)ccc21. The summed E-state index contributed by atoms with van der Waals surface area (Å²) in [6.07, 6.45) is 0. The number of hydrogen-bond acceptors (Lipinski definition) is 0. The lowest BCUT2D eigenvalue weighted by Gasteiger charge is -2.12. The molecule has 90 valence electrons. The maximum Gasteiger partial charge on any atom is 0.0178 e. The molecule has 3 rings (SSSR count). The van der Waals surface area contributed by atoms with Crippen LogP contribution in [0.25, 0.3) is 11.1 Å². The molecule has 0 nitrogen and oxygen atoms in total. The van der Waals surface area contributed by atoms with Gasteiger partial charge >= 0.3 is 0 Å². The quantitative estimate of drug-likeness (QED) is 0.652. The van der Waals surface area contributed by atoms with Gasteiger partial charge in [0.25, 0.3) is 0 Å². The van der Waals surface area contributed by atoms with E-state index in [1.54, 1.807) is 0 Å². The first-order chi connectivity index (χ1) is 8.68. The van der Waals surface area contributed by atoms with Gasteiger partial charge in [0.2, 0.25) is 0 Å².